The minimum Gasteiger partial charge on any atom is -0.491 e. The van der Waals surface area contributed by atoms with Gasteiger partial charge in [0.2, 0.25) is 0 Å². The lowest BCUT2D eigenvalue weighted by molar-refractivity contribution is 0.0979. The molecule has 1 N–H and O–H groups in total. The van der Waals surface area contributed by atoms with Crippen molar-refractivity contribution in [1.82, 2.24) is 0 Å². The van der Waals surface area contributed by atoms with E-state index in [4.69, 9.17) is 9.47 Å². The largest absolute Gasteiger partial charge is 0.491 e. The molecule has 0 unspecified atom stereocenters. The molecule has 112 valence electrons. The van der Waals surface area contributed by atoms with Crippen LogP contribution >= 0.6 is 0 Å². The van der Waals surface area contributed by atoms with Gasteiger partial charge >= 0.3 is 0 Å². The summed E-state index contributed by atoms with van der Waals surface area (Å²) < 4.78 is 11.1. The molecule has 2 aromatic rings. The van der Waals surface area contributed by atoms with Gasteiger partial charge in [0.25, 0.3) is 0 Å². The zero-order valence-electron chi connectivity index (χ0n) is 12.3. The smallest absolute Gasteiger partial charge is 0.119 e. The van der Waals surface area contributed by atoms with Gasteiger partial charge in [0, 0.05) is 18.8 Å². The predicted octanol–water partition coefficient (Wildman–Crippen LogP) is 3.97. The Labute approximate surface area is 126 Å². The van der Waals surface area contributed by atoms with E-state index in [0.29, 0.717) is 13.2 Å². The summed E-state index contributed by atoms with van der Waals surface area (Å²) in [6.07, 6.45) is 2.17. The van der Waals surface area contributed by atoms with Crippen molar-refractivity contribution < 1.29 is 9.47 Å². The second-order valence-corrected chi connectivity index (χ2v) is 4.77. The Kier molecular flexibility index (Phi) is 7.21. The molecule has 0 aliphatic rings. The Bertz CT molecular complexity index is 428. The van der Waals surface area contributed by atoms with E-state index in [1.54, 1.807) is 0 Å². The minimum atomic E-state index is 0.603. The Morgan fingerprint density at radius 1 is 0.714 bits per heavy atom. The van der Waals surface area contributed by atoms with Crippen molar-refractivity contribution in [2.24, 2.45) is 0 Å². The van der Waals surface area contributed by atoms with E-state index in [-0.39, 0.29) is 0 Å². The third-order valence-corrected chi connectivity index (χ3v) is 3.06. The Morgan fingerprint density at radius 2 is 1.43 bits per heavy atom. The maximum Gasteiger partial charge on any atom is 0.119 e. The number of anilines is 1. The van der Waals surface area contributed by atoms with Gasteiger partial charge in [-0.15, -0.1) is 0 Å². The number of hydrogen-bond donors (Lipinski definition) is 1. The summed E-state index contributed by atoms with van der Waals surface area (Å²) in [5.41, 5.74) is 1.18. The molecular weight excluding hydrogens is 262 g/mol. The van der Waals surface area contributed by atoms with Crippen LogP contribution in [0.4, 0.5) is 5.69 Å². The summed E-state index contributed by atoms with van der Waals surface area (Å²) in [4.78, 5) is 0. The number of rotatable bonds is 10. The van der Waals surface area contributed by atoms with Crippen molar-refractivity contribution in [3.63, 3.8) is 0 Å². The van der Waals surface area contributed by atoms with Crippen molar-refractivity contribution in [1.29, 1.82) is 0 Å². The topological polar surface area (TPSA) is 30.5 Å². The van der Waals surface area contributed by atoms with Crippen LogP contribution in [0.15, 0.2) is 60.7 Å². The second kappa shape index (κ2) is 9.83. The number of ether oxygens (including phenoxy) is 2. The first-order chi connectivity index (χ1) is 10.4. The van der Waals surface area contributed by atoms with Gasteiger partial charge in [0.1, 0.15) is 12.4 Å². The molecule has 0 spiro atoms. The van der Waals surface area contributed by atoms with Gasteiger partial charge in [-0.25, -0.2) is 0 Å². The average molecular weight is 285 g/mol. The summed E-state index contributed by atoms with van der Waals surface area (Å²) in [5.74, 6) is 0.896. The molecule has 0 atom stereocenters. The van der Waals surface area contributed by atoms with Gasteiger partial charge in [-0.3, -0.25) is 0 Å². The van der Waals surface area contributed by atoms with Gasteiger partial charge in [-0.05, 0) is 37.1 Å². The quantitative estimate of drug-likeness (QED) is 0.670. The van der Waals surface area contributed by atoms with Crippen LogP contribution in [0.3, 0.4) is 0 Å². The molecule has 0 saturated carbocycles. The van der Waals surface area contributed by atoms with Crippen molar-refractivity contribution in [3.05, 3.63) is 60.7 Å². The molecule has 0 aromatic heterocycles. The predicted molar refractivity (Wildman–Crippen MR) is 86.9 cm³/mol. The summed E-state index contributed by atoms with van der Waals surface area (Å²) in [5, 5.41) is 3.39. The number of benzene rings is 2. The zero-order chi connectivity index (χ0) is 14.6. The molecule has 0 heterocycles. The molecule has 0 amide bonds. The molecule has 0 bridgehead atoms. The van der Waals surface area contributed by atoms with Crippen molar-refractivity contribution >= 4 is 5.69 Å². The van der Waals surface area contributed by atoms with Crippen LogP contribution in [0, 0.1) is 0 Å². The third-order valence-electron chi connectivity index (χ3n) is 3.06. The van der Waals surface area contributed by atoms with Crippen molar-refractivity contribution in [2.75, 3.05) is 31.7 Å². The summed E-state index contributed by atoms with van der Waals surface area (Å²) in [6, 6.07) is 20.1. The molecule has 0 aliphatic carbocycles. The molecule has 3 heteroatoms. The maximum absolute atomic E-state index is 5.55. The van der Waals surface area contributed by atoms with Gasteiger partial charge in [0.05, 0.1) is 6.61 Å². The monoisotopic (exact) mass is 285 g/mol. The lowest BCUT2D eigenvalue weighted by Gasteiger charge is -2.08. The van der Waals surface area contributed by atoms with E-state index in [1.807, 2.05) is 48.5 Å². The third kappa shape index (κ3) is 6.82. The summed E-state index contributed by atoms with van der Waals surface area (Å²) in [7, 11) is 0. The Balaban J connectivity index is 1.40. The van der Waals surface area contributed by atoms with Crippen molar-refractivity contribution in [2.45, 2.75) is 12.8 Å². The molecule has 0 aliphatic heterocycles. The SMILES string of the molecule is c1ccc(NCCCCOCCOc2ccccc2)cc1. The molecule has 2 rings (SSSR count). The number of unbranched alkanes of at least 4 members (excludes halogenated alkanes) is 1. The lowest BCUT2D eigenvalue weighted by atomic mass is 10.3. The number of nitrogens with one attached hydrogen (secondary N) is 1. The number of para-hydroxylation sites is 2. The highest BCUT2D eigenvalue weighted by Crippen LogP contribution is 2.08. The highest BCUT2D eigenvalue weighted by molar-refractivity contribution is 5.42. The zero-order valence-corrected chi connectivity index (χ0v) is 12.3. The fourth-order valence-electron chi connectivity index (χ4n) is 1.96. The first kappa shape index (κ1) is 15.4. The van der Waals surface area contributed by atoms with Crippen LogP contribution in [0.25, 0.3) is 0 Å². The van der Waals surface area contributed by atoms with Crippen LogP contribution in [0.5, 0.6) is 5.75 Å². The first-order valence-corrected chi connectivity index (χ1v) is 7.50. The normalized spacial score (nSPS) is 10.3. The van der Waals surface area contributed by atoms with Gasteiger partial charge in [0.15, 0.2) is 0 Å². The molecule has 3 nitrogen and oxygen atoms in total. The first-order valence-electron chi connectivity index (χ1n) is 7.50. The van der Waals surface area contributed by atoms with Gasteiger partial charge in [-0.2, -0.15) is 0 Å². The van der Waals surface area contributed by atoms with Gasteiger partial charge in [-0.1, -0.05) is 36.4 Å². The highest BCUT2D eigenvalue weighted by atomic mass is 16.5. The minimum absolute atomic E-state index is 0.603. The Hall–Kier alpha value is -2.00. The fraction of sp³-hybridized carbons (Fsp3) is 0.333. The summed E-state index contributed by atoms with van der Waals surface area (Å²) in [6.45, 7) is 3.01. The fourth-order valence-corrected chi connectivity index (χ4v) is 1.96. The van der Waals surface area contributed by atoms with E-state index in [9.17, 15) is 0 Å². The Morgan fingerprint density at radius 3 is 2.19 bits per heavy atom. The van der Waals surface area contributed by atoms with E-state index in [2.05, 4.69) is 17.4 Å². The molecule has 0 radical (unpaired) electrons. The molecular formula is C18H23NO2. The highest BCUT2D eigenvalue weighted by Gasteiger charge is 1.94. The summed E-state index contributed by atoms with van der Waals surface area (Å²) >= 11 is 0. The van der Waals surface area contributed by atoms with Crippen molar-refractivity contribution in [3.8, 4) is 5.75 Å². The van der Waals surface area contributed by atoms with Crippen LogP contribution in [-0.2, 0) is 4.74 Å². The number of hydrogen-bond acceptors (Lipinski definition) is 3. The van der Waals surface area contributed by atoms with Crippen LogP contribution in [0.1, 0.15) is 12.8 Å². The van der Waals surface area contributed by atoms with Crippen LogP contribution in [0.2, 0.25) is 0 Å². The van der Waals surface area contributed by atoms with E-state index < -0.39 is 0 Å². The van der Waals surface area contributed by atoms with E-state index in [0.717, 1.165) is 31.7 Å². The molecule has 0 fully saturated rings. The van der Waals surface area contributed by atoms with Crippen LogP contribution in [-0.4, -0.2) is 26.4 Å². The van der Waals surface area contributed by atoms with E-state index in [1.165, 1.54) is 5.69 Å². The van der Waals surface area contributed by atoms with E-state index >= 15 is 0 Å². The molecule has 2 aromatic carbocycles. The molecule has 0 saturated heterocycles. The standard InChI is InChI=1S/C18H23NO2/c1-3-9-17(10-4-1)19-13-7-8-14-20-15-16-21-18-11-5-2-6-12-18/h1-6,9-12,19H,7-8,13-16H2. The van der Waals surface area contributed by atoms with Crippen LogP contribution < -0.4 is 10.1 Å². The average Bonchev–Trinajstić information content (AvgIpc) is 2.55. The van der Waals surface area contributed by atoms with Gasteiger partial charge < -0.3 is 14.8 Å². The molecule has 21 heavy (non-hydrogen) atoms. The maximum atomic E-state index is 5.55. The second-order valence-electron chi connectivity index (χ2n) is 4.77. The lowest BCUT2D eigenvalue weighted by Crippen LogP contribution is -2.08.